The van der Waals surface area contributed by atoms with Crippen LogP contribution in [-0.4, -0.2) is 16.8 Å². The van der Waals surface area contributed by atoms with Crippen LogP contribution in [-0.2, 0) is 10.3 Å². The van der Waals surface area contributed by atoms with Crippen LogP contribution in [0.4, 0.5) is 0 Å². The Hall–Kier alpha value is -0.860. The molecule has 0 aliphatic carbocycles. The third kappa shape index (κ3) is 2.53. The van der Waals surface area contributed by atoms with Gasteiger partial charge in [-0.15, -0.1) is 0 Å². The molecule has 0 amide bonds. The average molecular weight is 234 g/mol. The highest BCUT2D eigenvalue weighted by molar-refractivity contribution is 5.27. The smallest absolute Gasteiger partial charge is 0.0909 e. The van der Waals surface area contributed by atoms with Crippen molar-refractivity contribution in [2.45, 2.75) is 57.8 Å². The Morgan fingerprint density at radius 3 is 2.35 bits per heavy atom. The molecule has 2 nitrogen and oxygen atoms in total. The minimum absolute atomic E-state index is 0.0752. The first-order valence-electron chi connectivity index (χ1n) is 6.29. The summed E-state index contributed by atoms with van der Waals surface area (Å²) in [6.07, 6.45) is 1.80. The summed E-state index contributed by atoms with van der Waals surface area (Å²) in [7, 11) is 0. The lowest BCUT2D eigenvalue weighted by Crippen LogP contribution is -2.37. The van der Waals surface area contributed by atoms with E-state index < -0.39 is 5.60 Å². The SMILES string of the molecule is Cc1ccc([C@@]2(C)CC[C@@H](C(C)(C)O)O2)cc1. The van der Waals surface area contributed by atoms with Crippen LogP contribution >= 0.6 is 0 Å². The summed E-state index contributed by atoms with van der Waals surface area (Å²) in [5, 5.41) is 10.0. The fourth-order valence-electron chi connectivity index (χ4n) is 2.45. The largest absolute Gasteiger partial charge is 0.388 e. The van der Waals surface area contributed by atoms with E-state index in [0.29, 0.717) is 0 Å². The van der Waals surface area contributed by atoms with Gasteiger partial charge in [0.25, 0.3) is 0 Å². The van der Waals surface area contributed by atoms with Crippen molar-refractivity contribution in [2.75, 3.05) is 0 Å². The van der Waals surface area contributed by atoms with Gasteiger partial charge in [0.1, 0.15) is 0 Å². The molecule has 1 aliphatic rings. The van der Waals surface area contributed by atoms with E-state index >= 15 is 0 Å². The predicted octanol–water partition coefficient (Wildman–Crippen LogP) is 3.16. The Kier molecular flexibility index (Phi) is 3.04. The molecule has 2 rings (SSSR count). The third-order valence-electron chi connectivity index (χ3n) is 3.74. The van der Waals surface area contributed by atoms with E-state index in [1.807, 2.05) is 13.8 Å². The Labute approximate surface area is 104 Å². The average Bonchev–Trinajstić information content (AvgIpc) is 2.62. The maximum absolute atomic E-state index is 10.0. The van der Waals surface area contributed by atoms with Gasteiger partial charge in [-0.3, -0.25) is 0 Å². The van der Waals surface area contributed by atoms with Crippen molar-refractivity contribution in [3.05, 3.63) is 35.4 Å². The van der Waals surface area contributed by atoms with Crippen molar-refractivity contribution < 1.29 is 9.84 Å². The molecule has 0 unspecified atom stereocenters. The van der Waals surface area contributed by atoms with Gasteiger partial charge >= 0.3 is 0 Å². The minimum atomic E-state index is -0.761. The van der Waals surface area contributed by atoms with Gasteiger partial charge in [0, 0.05) is 0 Å². The highest BCUT2D eigenvalue weighted by atomic mass is 16.5. The minimum Gasteiger partial charge on any atom is -0.388 e. The summed E-state index contributed by atoms with van der Waals surface area (Å²) >= 11 is 0. The maximum atomic E-state index is 10.0. The van der Waals surface area contributed by atoms with Crippen molar-refractivity contribution in [1.82, 2.24) is 0 Å². The van der Waals surface area contributed by atoms with Gasteiger partial charge in [-0.05, 0) is 46.1 Å². The van der Waals surface area contributed by atoms with Gasteiger partial charge < -0.3 is 9.84 Å². The molecule has 0 spiro atoms. The standard InChI is InChI=1S/C15H22O2/c1-11-5-7-12(8-6-11)15(4)10-9-13(17-15)14(2,3)16/h5-8,13,16H,9-10H2,1-4H3/t13-,15+/m0/s1. The monoisotopic (exact) mass is 234 g/mol. The van der Waals surface area contributed by atoms with Crippen LogP contribution in [0.1, 0.15) is 44.7 Å². The lowest BCUT2D eigenvalue weighted by atomic mass is 9.91. The number of aryl methyl sites for hydroxylation is 1. The van der Waals surface area contributed by atoms with Crippen molar-refractivity contribution in [1.29, 1.82) is 0 Å². The zero-order chi connectivity index (χ0) is 12.7. The molecule has 1 aliphatic heterocycles. The molecule has 1 saturated heterocycles. The molecule has 1 N–H and O–H groups in total. The molecule has 1 heterocycles. The number of hydrogen-bond donors (Lipinski definition) is 1. The van der Waals surface area contributed by atoms with Crippen LogP contribution in [0.2, 0.25) is 0 Å². The molecule has 2 atom stereocenters. The van der Waals surface area contributed by atoms with Crippen molar-refractivity contribution in [2.24, 2.45) is 0 Å². The molecule has 0 aromatic heterocycles. The van der Waals surface area contributed by atoms with Gasteiger partial charge in [-0.1, -0.05) is 29.8 Å². The van der Waals surface area contributed by atoms with Gasteiger partial charge in [0.05, 0.1) is 17.3 Å². The molecular weight excluding hydrogens is 212 g/mol. The Morgan fingerprint density at radius 2 is 1.88 bits per heavy atom. The lowest BCUT2D eigenvalue weighted by molar-refractivity contribution is -0.118. The number of ether oxygens (including phenoxy) is 1. The van der Waals surface area contributed by atoms with Crippen LogP contribution in [0.25, 0.3) is 0 Å². The Balaban J connectivity index is 2.19. The normalized spacial score (nSPS) is 29.6. The molecule has 0 bridgehead atoms. The number of benzene rings is 1. The second-order valence-corrected chi connectivity index (χ2v) is 5.90. The van der Waals surface area contributed by atoms with Gasteiger partial charge in [0.2, 0.25) is 0 Å². The van der Waals surface area contributed by atoms with Gasteiger partial charge in [-0.2, -0.15) is 0 Å². The number of rotatable bonds is 2. The Bertz CT molecular complexity index is 388. The summed E-state index contributed by atoms with van der Waals surface area (Å²) in [5.74, 6) is 0. The van der Waals surface area contributed by atoms with E-state index in [1.165, 1.54) is 11.1 Å². The zero-order valence-corrected chi connectivity index (χ0v) is 11.2. The van der Waals surface area contributed by atoms with Crippen LogP contribution in [0.3, 0.4) is 0 Å². The first-order chi connectivity index (χ1) is 7.81. The van der Waals surface area contributed by atoms with Gasteiger partial charge in [0.15, 0.2) is 0 Å². The second-order valence-electron chi connectivity index (χ2n) is 5.90. The maximum Gasteiger partial charge on any atom is 0.0909 e. The van der Waals surface area contributed by atoms with Crippen LogP contribution in [0.5, 0.6) is 0 Å². The molecule has 2 heteroatoms. The molecule has 17 heavy (non-hydrogen) atoms. The van der Waals surface area contributed by atoms with E-state index in [9.17, 15) is 5.11 Å². The Morgan fingerprint density at radius 1 is 1.29 bits per heavy atom. The molecule has 94 valence electrons. The summed E-state index contributed by atoms with van der Waals surface area (Å²) in [6.45, 7) is 7.84. The summed E-state index contributed by atoms with van der Waals surface area (Å²) in [6, 6.07) is 8.48. The second kappa shape index (κ2) is 4.11. The predicted molar refractivity (Wildman–Crippen MR) is 68.9 cm³/mol. The fraction of sp³-hybridized carbons (Fsp3) is 0.600. The van der Waals surface area contributed by atoms with Crippen molar-refractivity contribution >= 4 is 0 Å². The number of aliphatic hydroxyl groups is 1. The van der Waals surface area contributed by atoms with Gasteiger partial charge in [-0.25, -0.2) is 0 Å². The first kappa shape index (κ1) is 12.6. The van der Waals surface area contributed by atoms with E-state index in [-0.39, 0.29) is 11.7 Å². The quantitative estimate of drug-likeness (QED) is 0.851. The molecule has 0 radical (unpaired) electrons. The topological polar surface area (TPSA) is 29.5 Å². The summed E-state index contributed by atoms with van der Waals surface area (Å²) < 4.78 is 6.09. The summed E-state index contributed by atoms with van der Waals surface area (Å²) in [4.78, 5) is 0. The van der Waals surface area contributed by atoms with Crippen LogP contribution in [0.15, 0.2) is 24.3 Å². The van der Waals surface area contributed by atoms with E-state index in [0.717, 1.165) is 12.8 Å². The molecule has 1 aromatic carbocycles. The lowest BCUT2D eigenvalue weighted by Gasteiger charge is -2.30. The zero-order valence-electron chi connectivity index (χ0n) is 11.2. The third-order valence-corrected chi connectivity index (χ3v) is 3.74. The molecular formula is C15H22O2. The molecule has 1 fully saturated rings. The van der Waals surface area contributed by atoms with E-state index in [4.69, 9.17) is 4.74 Å². The van der Waals surface area contributed by atoms with E-state index in [2.05, 4.69) is 38.1 Å². The highest BCUT2D eigenvalue weighted by Crippen LogP contribution is 2.41. The van der Waals surface area contributed by atoms with Crippen LogP contribution in [0, 0.1) is 6.92 Å². The van der Waals surface area contributed by atoms with Crippen LogP contribution < -0.4 is 0 Å². The first-order valence-corrected chi connectivity index (χ1v) is 6.29. The molecule has 0 saturated carbocycles. The molecule has 1 aromatic rings. The van der Waals surface area contributed by atoms with Crippen molar-refractivity contribution in [3.63, 3.8) is 0 Å². The summed E-state index contributed by atoms with van der Waals surface area (Å²) in [5.41, 5.74) is 1.45. The fourth-order valence-corrected chi connectivity index (χ4v) is 2.45. The van der Waals surface area contributed by atoms with Crippen molar-refractivity contribution in [3.8, 4) is 0 Å². The van der Waals surface area contributed by atoms with E-state index in [1.54, 1.807) is 0 Å². The highest BCUT2D eigenvalue weighted by Gasteiger charge is 2.43. The number of hydrogen-bond acceptors (Lipinski definition) is 2.